The Kier molecular flexibility index (Phi) is 3.17. The number of nitrogens with zero attached hydrogens (tertiary/aromatic N) is 1. The lowest BCUT2D eigenvalue weighted by atomic mass is 10.2. The summed E-state index contributed by atoms with van der Waals surface area (Å²) in [6.07, 6.45) is 0.522. The van der Waals surface area contributed by atoms with Crippen LogP contribution in [-0.2, 0) is 4.74 Å². The zero-order chi connectivity index (χ0) is 10.8. The topological polar surface area (TPSA) is 29.5 Å². The minimum absolute atomic E-state index is 0.316. The van der Waals surface area contributed by atoms with Crippen molar-refractivity contribution in [1.29, 1.82) is 0 Å². The highest BCUT2D eigenvalue weighted by Gasteiger charge is 2.23. The molecule has 1 aliphatic heterocycles. The first kappa shape index (κ1) is 10.8. The van der Waals surface area contributed by atoms with Gasteiger partial charge in [-0.3, -0.25) is 4.90 Å². The Labute approximate surface area is 101 Å². The minimum atomic E-state index is -0.316. The van der Waals surface area contributed by atoms with Gasteiger partial charge < -0.3 is 4.74 Å². The summed E-state index contributed by atoms with van der Waals surface area (Å²) in [5.74, 6) is 0. The first-order valence-electron chi connectivity index (χ1n) is 4.58. The van der Waals surface area contributed by atoms with Crippen molar-refractivity contribution in [3.05, 3.63) is 27.7 Å². The van der Waals surface area contributed by atoms with Crippen LogP contribution in [0.15, 0.2) is 22.7 Å². The smallest absolute Gasteiger partial charge is 0.414 e. The summed E-state index contributed by atoms with van der Waals surface area (Å²) in [5, 5.41) is 0.589. The lowest BCUT2D eigenvalue weighted by Gasteiger charge is -2.27. The average Bonchev–Trinajstić information content (AvgIpc) is 2.23. The third-order valence-electron chi connectivity index (χ3n) is 2.19. The number of hydrogen-bond donors (Lipinski definition) is 0. The molecule has 5 heteroatoms. The Morgan fingerprint density at radius 3 is 3.00 bits per heavy atom. The molecule has 0 atom stereocenters. The Morgan fingerprint density at radius 2 is 2.27 bits per heavy atom. The summed E-state index contributed by atoms with van der Waals surface area (Å²) in [5.41, 5.74) is 0.757. The van der Waals surface area contributed by atoms with Gasteiger partial charge in [0.2, 0.25) is 0 Å². The van der Waals surface area contributed by atoms with E-state index >= 15 is 0 Å². The van der Waals surface area contributed by atoms with E-state index in [1.165, 1.54) is 0 Å². The molecule has 0 spiro atoms. The van der Waals surface area contributed by atoms with Gasteiger partial charge >= 0.3 is 6.09 Å². The second-order valence-electron chi connectivity index (χ2n) is 3.19. The van der Waals surface area contributed by atoms with E-state index in [1.807, 2.05) is 12.1 Å². The predicted octanol–water partition coefficient (Wildman–Crippen LogP) is 3.45. The molecule has 80 valence electrons. The molecule has 1 saturated heterocycles. The highest BCUT2D eigenvalue weighted by Crippen LogP contribution is 2.33. The van der Waals surface area contributed by atoms with E-state index in [0.717, 1.165) is 16.6 Å². The van der Waals surface area contributed by atoms with E-state index in [0.29, 0.717) is 18.2 Å². The predicted molar refractivity (Wildman–Crippen MR) is 62.5 cm³/mol. The number of hydrogen-bond acceptors (Lipinski definition) is 2. The zero-order valence-electron chi connectivity index (χ0n) is 7.87. The highest BCUT2D eigenvalue weighted by atomic mass is 79.9. The summed E-state index contributed by atoms with van der Waals surface area (Å²) in [6, 6.07) is 5.41. The molecule has 1 fully saturated rings. The van der Waals surface area contributed by atoms with E-state index < -0.39 is 0 Å². The second-order valence-corrected chi connectivity index (χ2v) is 4.39. The standard InChI is InChI=1S/C10H9BrClNO2/c11-9-7(12)3-1-4-8(9)13-5-2-6-15-10(13)14/h1,3-4H,2,5-6H2. The Morgan fingerprint density at radius 1 is 1.47 bits per heavy atom. The van der Waals surface area contributed by atoms with Crippen LogP contribution in [0.5, 0.6) is 0 Å². The molecule has 1 heterocycles. The van der Waals surface area contributed by atoms with E-state index in [-0.39, 0.29) is 6.09 Å². The third kappa shape index (κ3) is 2.11. The van der Waals surface area contributed by atoms with Crippen molar-refractivity contribution < 1.29 is 9.53 Å². The van der Waals surface area contributed by atoms with Gasteiger partial charge in [-0.25, -0.2) is 4.79 Å². The fraction of sp³-hybridized carbons (Fsp3) is 0.300. The Hall–Kier alpha value is -0.740. The lowest BCUT2D eigenvalue weighted by Crippen LogP contribution is -2.37. The molecule has 1 aromatic rings. The number of ether oxygens (including phenoxy) is 1. The molecule has 0 saturated carbocycles. The monoisotopic (exact) mass is 289 g/mol. The van der Waals surface area contributed by atoms with Crippen molar-refractivity contribution in [1.82, 2.24) is 0 Å². The molecule has 0 bridgehead atoms. The van der Waals surface area contributed by atoms with Gasteiger partial charge in [-0.05, 0) is 34.5 Å². The van der Waals surface area contributed by atoms with E-state index in [1.54, 1.807) is 11.0 Å². The molecule has 1 aliphatic rings. The van der Waals surface area contributed by atoms with Crippen LogP contribution in [0.2, 0.25) is 5.02 Å². The van der Waals surface area contributed by atoms with Crippen LogP contribution in [0.4, 0.5) is 10.5 Å². The molecule has 2 rings (SSSR count). The van der Waals surface area contributed by atoms with Gasteiger partial charge in [-0.15, -0.1) is 0 Å². The fourth-order valence-electron chi connectivity index (χ4n) is 1.47. The minimum Gasteiger partial charge on any atom is -0.449 e. The molecule has 0 radical (unpaired) electrons. The molecular weight excluding hydrogens is 281 g/mol. The number of halogens is 2. The maximum atomic E-state index is 11.5. The Bertz CT molecular complexity index is 397. The van der Waals surface area contributed by atoms with Gasteiger partial charge in [0.15, 0.2) is 0 Å². The number of cyclic esters (lactones) is 1. The number of rotatable bonds is 1. The SMILES string of the molecule is O=C1OCCCN1c1cccc(Cl)c1Br. The van der Waals surface area contributed by atoms with E-state index in [4.69, 9.17) is 16.3 Å². The van der Waals surface area contributed by atoms with Crippen LogP contribution in [0.3, 0.4) is 0 Å². The third-order valence-corrected chi connectivity index (χ3v) is 3.57. The largest absolute Gasteiger partial charge is 0.449 e. The molecule has 1 aromatic carbocycles. The summed E-state index contributed by atoms with van der Waals surface area (Å²) < 4.78 is 5.69. The quantitative estimate of drug-likeness (QED) is 0.793. The molecule has 0 unspecified atom stereocenters. The van der Waals surface area contributed by atoms with Gasteiger partial charge in [-0.1, -0.05) is 17.7 Å². The van der Waals surface area contributed by atoms with E-state index in [9.17, 15) is 4.79 Å². The number of benzene rings is 1. The van der Waals surface area contributed by atoms with Crippen molar-refractivity contribution in [3.8, 4) is 0 Å². The molecule has 0 aromatic heterocycles. The van der Waals surface area contributed by atoms with Crippen LogP contribution in [0, 0.1) is 0 Å². The maximum Gasteiger partial charge on any atom is 0.414 e. The van der Waals surface area contributed by atoms with Crippen molar-refractivity contribution in [2.24, 2.45) is 0 Å². The second kappa shape index (κ2) is 4.41. The van der Waals surface area contributed by atoms with Gasteiger partial charge in [-0.2, -0.15) is 0 Å². The number of anilines is 1. The fourth-order valence-corrected chi connectivity index (χ4v) is 2.12. The van der Waals surface area contributed by atoms with Gasteiger partial charge in [0.05, 0.1) is 21.8 Å². The average molecular weight is 291 g/mol. The van der Waals surface area contributed by atoms with Crippen LogP contribution in [-0.4, -0.2) is 19.2 Å². The Balaban J connectivity index is 2.35. The van der Waals surface area contributed by atoms with Crippen molar-refractivity contribution in [3.63, 3.8) is 0 Å². The van der Waals surface area contributed by atoms with Crippen molar-refractivity contribution >= 4 is 39.3 Å². The summed E-state index contributed by atoms with van der Waals surface area (Å²) in [6.45, 7) is 1.16. The zero-order valence-corrected chi connectivity index (χ0v) is 10.2. The molecule has 1 amide bonds. The molecule has 3 nitrogen and oxygen atoms in total. The van der Waals surface area contributed by atoms with Crippen molar-refractivity contribution in [2.75, 3.05) is 18.1 Å². The number of carbonyl (C=O) groups excluding carboxylic acids is 1. The van der Waals surface area contributed by atoms with Crippen LogP contribution in [0.25, 0.3) is 0 Å². The van der Waals surface area contributed by atoms with Gasteiger partial charge in [0.25, 0.3) is 0 Å². The van der Waals surface area contributed by atoms with Crippen molar-refractivity contribution in [2.45, 2.75) is 6.42 Å². The summed E-state index contributed by atoms with van der Waals surface area (Å²) in [4.78, 5) is 13.1. The number of carbonyl (C=O) groups is 1. The first-order chi connectivity index (χ1) is 7.20. The summed E-state index contributed by atoms with van der Waals surface area (Å²) >= 11 is 9.32. The lowest BCUT2D eigenvalue weighted by molar-refractivity contribution is 0.140. The normalized spacial score (nSPS) is 16.4. The highest BCUT2D eigenvalue weighted by molar-refractivity contribution is 9.10. The summed E-state index contributed by atoms with van der Waals surface area (Å²) in [7, 11) is 0. The van der Waals surface area contributed by atoms with Gasteiger partial charge in [0, 0.05) is 6.54 Å². The van der Waals surface area contributed by atoms with Gasteiger partial charge in [0.1, 0.15) is 0 Å². The molecular formula is C10H9BrClNO2. The van der Waals surface area contributed by atoms with E-state index in [2.05, 4.69) is 15.9 Å². The van der Waals surface area contributed by atoms with Crippen LogP contribution in [0.1, 0.15) is 6.42 Å². The van der Waals surface area contributed by atoms with Crippen LogP contribution < -0.4 is 4.90 Å². The maximum absolute atomic E-state index is 11.5. The van der Waals surface area contributed by atoms with Crippen LogP contribution >= 0.6 is 27.5 Å². The number of amides is 1. The molecule has 0 N–H and O–H groups in total. The first-order valence-corrected chi connectivity index (χ1v) is 5.75. The molecule has 0 aliphatic carbocycles. The molecule has 15 heavy (non-hydrogen) atoms.